The van der Waals surface area contributed by atoms with Crippen molar-refractivity contribution < 1.29 is 4.74 Å². The summed E-state index contributed by atoms with van der Waals surface area (Å²) >= 11 is 5.50. The number of hydrogen-bond acceptors (Lipinski definition) is 2. The molecule has 0 fully saturated rings. The number of rotatable bonds is 11. The fraction of sp³-hybridized carbons (Fsp3) is 0.625. The first-order valence-electron chi connectivity index (χ1n) is 7.46. The Labute approximate surface area is 122 Å². The van der Waals surface area contributed by atoms with Crippen molar-refractivity contribution in [2.24, 2.45) is 0 Å². The van der Waals surface area contributed by atoms with E-state index in [9.17, 15) is 0 Å². The molecule has 0 aromatic heterocycles. The molecule has 0 amide bonds. The molecule has 0 heterocycles. The molecule has 3 heteroatoms. The molecule has 0 unspecified atom stereocenters. The van der Waals surface area contributed by atoms with E-state index in [1.807, 2.05) is 24.3 Å². The van der Waals surface area contributed by atoms with Crippen LogP contribution in [0.5, 0.6) is 5.75 Å². The highest BCUT2D eigenvalue weighted by molar-refractivity contribution is 6.23. The third-order valence-electron chi connectivity index (χ3n) is 3.23. The van der Waals surface area contributed by atoms with Gasteiger partial charge in [0.1, 0.15) is 5.75 Å². The second-order valence-corrected chi connectivity index (χ2v) is 5.13. The summed E-state index contributed by atoms with van der Waals surface area (Å²) in [5.41, 5.74) is 0.890. The molecule has 0 spiro atoms. The van der Waals surface area contributed by atoms with Crippen LogP contribution in [-0.2, 0) is 0 Å². The smallest absolute Gasteiger partial charge is 0.119 e. The van der Waals surface area contributed by atoms with Crippen molar-refractivity contribution in [1.82, 2.24) is 0 Å². The highest BCUT2D eigenvalue weighted by atomic mass is 35.5. The monoisotopic (exact) mass is 283 g/mol. The molecule has 2 nitrogen and oxygen atoms in total. The second kappa shape index (κ2) is 11.0. The van der Waals surface area contributed by atoms with Crippen LogP contribution in [0.3, 0.4) is 0 Å². The van der Waals surface area contributed by atoms with Crippen LogP contribution in [0.4, 0.5) is 5.69 Å². The van der Waals surface area contributed by atoms with E-state index in [0.717, 1.165) is 24.5 Å². The average Bonchev–Trinajstić information content (AvgIpc) is 2.46. The summed E-state index contributed by atoms with van der Waals surface area (Å²) < 4.78 is 5.68. The van der Waals surface area contributed by atoms with Gasteiger partial charge in [-0.2, -0.15) is 0 Å². The fourth-order valence-electron chi connectivity index (χ4n) is 2.04. The van der Waals surface area contributed by atoms with E-state index in [4.69, 9.17) is 16.5 Å². The number of halogens is 1. The molecule has 0 radical (unpaired) electrons. The summed E-state index contributed by atoms with van der Waals surface area (Å²) in [4.78, 5) is 2.58. The summed E-state index contributed by atoms with van der Waals surface area (Å²) in [7, 11) is 0. The number of hydrogen-bond donors (Lipinski definition) is 1. The number of unbranched alkanes of at least 4 members (excludes halogenated alkanes) is 7. The van der Waals surface area contributed by atoms with E-state index in [-0.39, 0.29) is 0 Å². The minimum absolute atomic E-state index is 0.808. The minimum Gasteiger partial charge on any atom is -0.494 e. The Balaban J connectivity index is 1.95. The van der Waals surface area contributed by atoms with Crippen molar-refractivity contribution in [3.8, 4) is 5.75 Å². The largest absolute Gasteiger partial charge is 0.494 e. The van der Waals surface area contributed by atoms with Crippen molar-refractivity contribution in [2.45, 2.75) is 58.3 Å². The maximum Gasteiger partial charge on any atom is 0.119 e. The Kier molecular flexibility index (Phi) is 9.34. The lowest BCUT2D eigenvalue weighted by molar-refractivity contribution is 0.304. The summed E-state index contributed by atoms with van der Waals surface area (Å²) in [6, 6.07) is 7.71. The predicted molar refractivity (Wildman–Crippen MR) is 84.0 cm³/mol. The van der Waals surface area contributed by atoms with Crippen LogP contribution in [0.1, 0.15) is 58.3 Å². The van der Waals surface area contributed by atoms with Gasteiger partial charge in [-0.1, -0.05) is 51.9 Å². The van der Waals surface area contributed by atoms with Crippen LogP contribution in [0.25, 0.3) is 0 Å². The van der Waals surface area contributed by atoms with E-state index in [0.29, 0.717) is 0 Å². The first-order chi connectivity index (χ1) is 9.36. The Morgan fingerprint density at radius 1 is 0.895 bits per heavy atom. The average molecular weight is 284 g/mol. The van der Waals surface area contributed by atoms with Crippen molar-refractivity contribution >= 4 is 17.5 Å². The highest BCUT2D eigenvalue weighted by Gasteiger charge is 1.95. The standard InChI is InChI=1S/C16H26ClNO/c1-2-3-4-5-6-7-8-9-14-19-16-12-10-15(18-17)11-13-16/h10-13,18H,2-9,14H2,1H3. The zero-order valence-corrected chi connectivity index (χ0v) is 12.7. The van der Waals surface area contributed by atoms with Crippen LogP contribution in [0.15, 0.2) is 24.3 Å². The number of benzene rings is 1. The van der Waals surface area contributed by atoms with Crippen molar-refractivity contribution in [3.05, 3.63) is 24.3 Å². The number of anilines is 1. The quantitative estimate of drug-likeness (QED) is 0.411. The molecule has 0 saturated heterocycles. The van der Waals surface area contributed by atoms with E-state index in [1.54, 1.807) is 0 Å². The van der Waals surface area contributed by atoms with E-state index in [1.165, 1.54) is 44.9 Å². The summed E-state index contributed by atoms with van der Waals surface area (Å²) in [5.74, 6) is 0.915. The van der Waals surface area contributed by atoms with E-state index in [2.05, 4.69) is 11.8 Å². The molecule has 0 bridgehead atoms. The molecule has 0 aliphatic carbocycles. The molecule has 1 aromatic carbocycles. The van der Waals surface area contributed by atoms with Crippen molar-refractivity contribution in [2.75, 3.05) is 11.4 Å². The Hall–Kier alpha value is -0.890. The normalized spacial score (nSPS) is 10.4. The third-order valence-corrected chi connectivity index (χ3v) is 3.45. The molecular weight excluding hydrogens is 258 g/mol. The van der Waals surface area contributed by atoms with Crippen LogP contribution >= 0.6 is 11.8 Å². The predicted octanol–water partition coefficient (Wildman–Crippen LogP) is 5.77. The molecule has 0 aliphatic rings. The lowest BCUT2D eigenvalue weighted by atomic mass is 10.1. The molecule has 0 aliphatic heterocycles. The zero-order valence-electron chi connectivity index (χ0n) is 12.0. The summed E-state index contributed by atoms with van der Waals surface area (Å²) in [6.07, 6.45) is 10.6. The maximum atomic E-state index is 5.68. The van der Waals surface area contributed by atoms with Gasteiger partial charge in [-0.15, -0.1) is 0 Å². The summed E-state index contributed by atoms with van der Waals surface area (Å²) in [6.45, 7) is 3.07. The molecule has 19 heavy (non-hydrogen) atoms. The van der Waals surface area contributed by atoms with Gasteiger partial charge in [0.25, 0.3) is 0 Å². The first kappa shape index (κ1) is 16.2. The van der Waals surface area contributed by atoms with Crippen LogP contribution in [-0.4, -0.2) is 6.61 Å². The van der Waals surface area contributed by atoms with Crippen LogP contribution < -0.4 is 9.57 Å². The topological polar surface area (TPSA) is 21.3 Å². The number of nitrogens with one attached hydrogen (secondary N) is 1. The van der Waals surface area contributed by atoms with Crippen molar-refractivity contribution in [3.63, 3.8) is 0 Å². The van der Waals surface area contributed by atoms with Crippen LogP contribution in [0.2, 0.25) is 0 Å². The van der Waals surface area contributed by atoms with Crippen LogP contribution in [0, 0.1) is 0 Å². The first-order valence-corrected chi connectivity index (χ1v) is 7.84. The lowest BCUT2D eigenvalue weighted by Crippen LogP contribution is -1.97. The van der Waals surface area contributed by atoms with Gasteiger partial charge >= 0.3 is 0 Å². The fourth-order valence-corrected chi connectivity index (χ4v) is 2.17. The van der Waals surface area contributed by atoms with E-state index >= 15 is 0 Å². The van der Waals surface area contributed by atoms with Gasteiger partial charge in [-0.05, 0) is 30.7 Å². The van der Waals surface area contributed by atoms with Gasteiger partial charge < -0.3 is 4.74 Å². The molecule has 1 rings (SSSR count). The van der Waals surface area contributed by atoms with Gasteiger partial charge in [0.2, 0.25) is 0 Å². The maximum absolute atomic E-state index is 5.68. The van der Waals surface area contributed by atoms with E-state index < -0.39 is 0 Å². The molecule has 1 N–H and O–H groups in total. The number of ether oxygens (including phenoxy) is 1. The van der Waals surface area contributed by atoms with Gasteiger partial charge in [0.15, 0.2) is 0 Å². The van der Waals surface area contributed by atoms with Gasteiger partial charge in [-0.3, -0.25) is 4.84 Å². The van der Waals surface area contributed by atoms with Gasteiger partial charge in [-0.25, -0.2) is 0 Å². The lowest BCUT2D eigenvalue weighted by Gasteiger charge is -2.06. The highest BCUT2D eigenvalue weighted by Crippen LogP contribution is 2.16. The SMILES string of the molecule is CCCCCCCCCCOc1ccc(NCl)cc1. The molecular formula is C16H26ClNO. The molecule has 0 atom stereocenters. The second-order valence-electron chi connectivity index (χ2n) is 4.94. The molecule has 0 saturated carbocycles. The minimum atomic E-state index is 0.808. The Morgan fingerprint density at radius 3 is 2.05 bits per heavy atom. The van der Waals surface area contributed by atoms with Gasteiger partial charge in [0.05, 0.1) is 6.61 Å². The van der Waals surface area contributed by atoms with Gasteiger partial charge in [0, 0.05) is 17.5 Å². The zero-order chi connectivity index (χ0) is 13.8. The molecule has 108 valence electrons. The Bertz CT molecular complexity index is 313. The molecule has 1 aromatic rings. The summed E-state index contributed by atoms with van der Waals surface area (Å²) in [5, 5.41) is 0. The third kappa shape index (κ3) is 7.99. The Morgan fingerprint density at radius 2 is 1.47 bits per heavy atom. The van der Waals surface area contributed by atoms with Crippen molar-refractivity contribution in [1.29, 1.82) is 0 Å².